The highest BCUT2D eigenvalue weighted by atomic mass is 14.8. The summed E-state index contributed by atoms with van der Waals surface area (Å²) in [5, 5.41) is 3.46. The van der Waals surface area contributed by atoms with E-state index in [0.29, 0.717) is 0 Å². The van der Waals surface area contributed by atoms with Gasteiger partial charge in [-0.25, -0.2) is 0 Å². The monoisotopic (exact) mass is 240 g/mol. The van der Waals surface area contributed by atoms with Crippen LogP contribution in [0.5, 0.6) is 0 Å². The predicted octanol–water partition coefficient (Wildman–Crippen LogP) is 2.99. The summed E-state index contributed by atoms with van der Waals surface area (Å²) in [6.07, 6.45) is 2.25. The number of benzene rings is 2. The quantitative estimate of drug-likeness (QED) is 0.601. The van der Waals surface area contributed by atoms with Gasteiger partial charge in [0.15, 0.2) is 0 Å². The van der Waals surface area contributed by atoms with Crippen molar-refractivity contribution in [2.45, 2.75) is 19.4 Å². The summed E-state index contributed by atoms with van der Waals surface area (Å²) in [7, 11) is 0. The topological polar surface area (TPSA) is 38.0 Å². The molecule has 0 aliphatic heterocycles. The zero-order valence-corrected chi connectivity index (χ0v) is 10.6. The van der Waals surface area contributed by atoms with Crippen LogP contribution in [0.1, 0.15) is 17.5 Å². The lowest BCUT2D eigenvalue weighted by atomic mass is 10.1. The second-order valence-electron chi connectivity index (χ2n) is 4.51. The van der Waals surface area contributed by atoms with E-state index in [1.54, 1.807) is 0 Å². The van der Waals surface area contributed by atoms with Crippen LogP contribution in [-0.4, -0.2) is 6.54 Å². The minimum Gasteiger partial charge on any atom is -0.399 e. The molecule has 0 atom stereocenters. The molecule has 2 aromatic carbocycles. The average Bonchev–Trinajstić information content (AvgIpc) is 2.42. The number of aryl methyl sites for hydroxylation is 1. The molecule has 0 heterocycles. The Morgan fingerprint density at radius 2 is 1.56 bits per heavy atom. The van der Waals surface area contributed by atoms with Gasteiger partial charge in [0.05, 0.1) is 0 Å². The molecule has 0 aliphatic carbocycles. The van der Waals surface area contributed by atoms with Gasteiger partial charge >= 0.3 is 0 Å². The first kappa shape index (κ1) is 12.7. The summed E-state index contributed by atoms with van der Waals surface area (Å²) in [5.41, 5.74) is 9.18. The number of hydrogen-bond donors (Lipinski definition) is 2. The highest BCUT2D eigenvalue weighted by Crippen LogP contribution is 2.07. The van der Waals surface area contributed by atoms with Gasteiger partial charge in [-0.3, -0.25) is 0 Å². The summed E-state index contributed by atoms with van der Waals surface area (Å²) >= 11 is 0. The van der Waals surface area contributed by atoms with Crippen LogP contribution < -0.4 is 11.1 Å². The summed E-state index contributed by atoms with van der Waals surface area (Å²) in [6.45, 7) is 1.99. The lowest BCUT2D eigenvalue weighted by Gasteiger charge is -2.05. The molecule has 2 heteroatoms. The average molecular weight is 240 g/mol. The third kappa shape index (κ3) is 4.22. The smallest absolute Gasteiger partial charge is 0.0314 e. The van der Waals surface area contributed by atoms with Gasteiger partial charge in [-0.1, -0.05) is 42.5 Å². The zero-order chi connectivity index (χ0) is 12.6. The van der Waals surface area contributed by atoms with E-state index in [2.05, 4.69) is 41.7 Å². The summed E-state index contributed by atoms with van der Waals surface area (Å²) in [6, 6.07) is 18.6. The normalized spacial score (nSPS) is 10.4. The molecule has 2 rings (SSSR count). The number of anilines is 1. The number of nitrogen functional groups attached to an aromatic ring is 1. The van der Waals surface area contributed by atoms with Crippen LogP contribution >= 0.6 is 0 Å². The lowest BCUT2D eigenvalue weighted by Crippen LogP contribution is -2.15. The second-order valence-corrected chi connectivity index (χ2v) is 4.51. The van der Waals surface area contributed by atoms with E-state index in [1.807, 2.05) is 18.2 Å². The van der Waals surface area contributed by atoms with Crippen molar-refractivity contribution in [1.29, 1.82) is 0 Å². The van der Waals surface area contributed by atoms with Crippen LogP contribution in [0.4, 0.5) is 5.69 Å². The fourth-order valence-electron chi connectivity index (χ4n) is 1.93. The molecule has 0 saturated heterocycles. The van der Waals surface area contributed by atoms with Crippen molar-refractivity contribution >= 4 is 5.69 Å². The number of nitrogens with two attached hydrogens (primary N) is 1. The number of nitrogens with one attached hydrogen (secondary N) is 1. The first-order valence-corrected chi connectivity index (χ1v) is 6.43. The maximum atomic E-state index is 5.66. The molecule has 0 unspecified atom stereocenters. The minimum absolute atomic E-state index is 0.834. The predicted molar refractivity (Wildman–Crippen MR) is 77.3 cm³/mol. The molecular formula is C16H20N2. The molecule has 0 fully saturated rings. The van der Waals surface area contributed by atoms with E-state index in [9.17, 15) is 0 Å². The van der Waals surface area contributed by atoms with E-state index < -0.39 is 0 Å². The first-order valence-electron chi connectivity index (χ1n) is 6.43. The summed E-state index contributed by atoms with van der Waals surface area (Å²) in [4.78, 5) is 0. The molecule has 0 aliphatic rings. The van der Waals surface area contributed by atoms with Crippen molar-refractivity contribution in [1.82, 2.24) is 5.32 Å². The van der Waals surface area contributed by atoms with Crippen molar-refractivity contribution in [3.05, 3.63) is 65.7 Å². The Morgan fingerprint density at radius 3 is 2.28 bits per heavy atom. The molecule has 2 aromatic rings. The molecule has 0 aromatic heterocycles. The van der Waals surface area contributed by atoms with Crippen LogP contribution in [0.2, 0.25) is 0 Å². The van der Waals surface area contributed by atoms with Gasteiger partial charge in [-0.15, -0.1) is 0 Å². The molecule has 0 saturated carbocycles. The fraction of sp³-hybridized carbons (Fsp3) is 0.250. The Bertz CT molecular complexity index is 448. The Hall–Kier alpha value is -1.80. The summed E-state index contributed by atoms with van der Waals surface area (Å²) < 4.78 is 0. The minimum atomic E-state index is 0.834. The maximum Gasteiger partial charge on any atom is 0.0314 e. The molecule has 94 valence electrons. The van der Waals surface area contributed by atoms with Gasteiger partial charge in [-0.2, -0.15) is 0 Å². The van der Waals surface area contributed by atoms with Crippen molar-refractivity contribution in [2.24, 2.45) is 0 Å². The van der Waals surface area contributed by atoms with Crippen molar-refractivity contribution in [3.8, 4) is 0 Å². The molecule has 0 radical (unpaired) electrons. The largest absolute Gasteiger partial charge is 0.399 e. The van der Waals surface area contributed by atoms with Crippen LogP contribution in [0, 0.1) is 0 Å². The molecule has 2 nitrogen and oxygen atoms in total. The van der Waals surface area contributed by atoms with Gasteiger partial charge in [-0.05, 0) is 42.6 Å². The Labute approximate surface area is 109 Å². The standard InChI is InChI=1S/C16H20N2/c17-16-10-8-14(9-11-16)7-4-12-18-13-15-5-2-1-3-6-15/h1-3,5-6,8-11,18H,4,7,12-13,17H2. The molecule has 18 heavy (non-hydrogen) atoms. The SMILES string of the molecule is Nc1ccc(CCCNCc2ccccc2)cc1. The van der Waals surface area contributed by atoms with Gasteiger partial charge < -0.3 is 11.1 Å². The molecule has 0 amide bonds. The van der Waals surface area contributed by atoms with Crippen LogP contribution in [-0.2, 0) is 13.0 Å². The third-order valence-electron chi connectivity index (χ3n) is 2.97. The van der Waals surface area contributed by atoms with Crippen LogP contribution in [0.25, 0.3) is 0 Å². The van der Waals surface area contributed by atoms with E-state index in [4.69, 9.17) is 5.73 Å². The Balaban J connectivity index is 1.63. The van der Waals surface area contributed by atoms with Crippen LogP contribution in [0.15, 0.2) is 54.6 Å². The van der Waals surface area contributed by atoms with Crippen molar-refractivity contribution in [3.63, 3.8) is 0 Å². The number of hydrogen-bond acceptors (Lipinski definition) is 2. The van der Waals surface area contributed by atoms with Crippen molar-refractivity contribution < 1.29 is 0 Å². The van der Waals surface area contributed by atoms with Crippen LogP contribution in [0.3, 0.4) is 0 Å². The van der Waals surface area contributed by atoms with E-state index >= 15 is 0 Å². The van der Waals surface area contributed by atoms with E-state index in [1.165, 1.54) is 11.1 Å². The number of rotatable bonds is 6. The molecular weight excluding hydrogens is 220 g/mol. The lowest BCUT2D eigenvalue weighted by molar-refractivity contribution is 0.649. The maximum absolute atomic E-state index is 5.66. The van der Waals surface area contributed by atoms with E-state index in [-0.39, 0.29) is 0 Å². The molecule has 3 N–H and O–H groups in total. The van der Waals surface area contributed by atoms with Gasteiger partial charge in [0.2, 0.25) is 0 Å². The second kappa shape index (κ2) is 6.82. The zero-order valence-electron chi connectivity index (χ0n) is 10.6. The van der Waals surface area contributed by atoms with Gasteiger partial charge in [0.25, 0.3) is 0 Å². The van der Waals surface area contributed by atoms with Gasteiger partial charge in [0, 0.05) is 12.2 Å². The van der Waals surface area contributed by atoms with Crippen molar-refractivity contribution in [2.75, 3.05) is 12.3 Å². The first-order chi connectivity index (χ1) is 8.84. The van der Waals surface area contributed by atoms with Gasteiger partial charge in [0.1, 0.15) is 0 Å². The third-order valence-corrected chi connectivity index (χ3v) is 2.97. The summed E-state index contributed by atoms with van der Waals surface area (Å²) in [5.74, 6) is 0. The fourth-order valence-corrected chi connectivity index (χ4v) is 1.93. The molecule has 0 spiro atoms. The Kier molecular flexibility index (Phi) is 4.79. The highest BCUT2D eigenvalue weighted by Gasteiger charge is 1.94. The Morgan fingerprint density at radius 1 is 0.833 bits per heavy atom. The van der Waals surface area contributed by atoms with E-state index in [0.717, 1.165) is 31.6 Å². The molecule has 0 bridgehead atoms. The highest BCUT2D eigenvalue weighted by molar-refractivity contribution is 5.39.